The van der Waals surface area contributed by atoms with Gasteiger partial charge in [0, 0.05) is 29.8 Å². The predicted octanol–water partition coefficient (Wildman–Crippen LogP) is 2.90. The van der Waals surface area contributed by atoms with Crippen LogP contribution in [0, 0.1) is 5.92 Å². The van der Waals surface area contributed by atoms with Gasteiger partial charge in [0.1, 0.15) is 5.82 Å². The second-order valence-electron chi connectivity index (χ2n) is 6.20. The smallest absolute Gasteiger partial charge is 0.258 e. The largest absolute Gasteiger partial charge is 0.322 e. The van der Waals surface area contributed by atoms with Gasteiger partial charge in [-0.2, -0.15) is 0 Å². The van der Waals surface area contributed by atoms with E-state index in [0.717, 1.165) is 0 Å². The minimum absolute atomic E-state index is 0.0275. The molecule has 0 spiro atoms. The highest BCUT2D eigenvalue weighted by Crippen LogP contribution is 2.46. The summed E-state index contributed by atoms with van der Waals surface area (Å²) in [5.41, 5.74) is 0.618. The Morgan fingerprint density at radius 1 is 1.14 bits per heavy atom. The Balaban J connectivity index is 1.42. The number of rotatable bonds is 5. The van der Waals surface area contributed by atoms with E-state index in [-0.39, 0.29) is 33.4 Å². The fourth-order valence-corrected chi connectivity index (χ4v) is 3.38. The normalized spacial score (nSPS) is 17.8. The molecule has 2 aromatic heterocycles. The molecule has 1 aliphatic rings. The molecule has 1 saturated carbocycles. The first-order chi connectivity index (χ1) is 13.5. The number of H-pyrrole nitrogens is 1. The van der Waals surface area contributed by atoms with Crippen LogP contribution in [0.2, 0.25) is 10.0 Å². The summed E-state index contributed by atoms with van der Waals surface area (Å²) >= 11 is 12.1. The molecule has 2 amide bonds. The number of carbonyl (C=O) groups excluding carboxylic acids is 2. The molecular formula is C17H13Cl2N7O2. The zero-order chi connectivity index (χ0) is 19.7. The third-order valence-corrected chi connectivity index (χ3v) is 4.93. The third-order valence-electron chi connectivity index (χ3n) is 4.30. The number of hydrogen-bond donors (Lipinski definition) is 3. The van der Waals surface area contributed by atoms with Gasteiger partial charge in [-0.3, -0.25) is 9.59 Å². The summed E-state index contributed by atoms with van der Waals surface area (Å²) in [7, 11) is 0. The fourth-order valence-electron chi connectivity index (χ4n) is 2.81. The van der Waals surface area contributed by atoms with E-state index in [1.165, 1.54) is 6.20 Å². The van der Waals surface area contributed by atoms with Gasteiger partial charge in [-0.1, -0.05) is 29.3 Å². The molecule has 2 unspecified atom stereocenters. The van der Waals surface area contributed by atoms with Crippen LogP contribution in [-0.4, -0.2) is 37.4 Å². The van der Waals surface area contributed by atoms with Gasteiger partial charge in [-0.25, -0.2) is 10.1 Å². The molecule has 1 fully saturated rings. The Morgan fingerprint density at radius 3 is 2.64 bits per heavy atom. The van der Waals surface area contributed by atoms with Crippen molar-refractivity contribution in [2.24, 2.45) is 5.92 Å². The molecule has 4 rings (SSSR count). The number of hydrogen-bond acceptors (Lipinski definition) is 6. The van der Waals surface area contributed by atoms with Gasteiger partial charge in [0.2, 0.25) is 5.91 Å². The van der Waals surface area contributed by atoms with Crippen molar-refractivity contribution >= 4 is 46.5 Å². The van der Waals surface area contributed by atoms with E-state index in [4.69, 9.17) is 23.2 Å². The number of aromatic amines is 1. The average molecular weight is 418 g/mol. The monoisotopic (exact) mass is 417 g/mol. The van der Waals surface area contributed by atoms with Gasteiger partial charge in [0.05, 0.1) is 15.6 Å². The first-order valence-electron chi connectivity index (χ1n) is 8.29. The van der Waals surface area contributed by atoms with Gasteiger partial charge in [-0.05, 0) is 35.0 Å². The van der Waals surface area contributed by atoms with Gasteiger partial charge in [0.25, 0.3) is 5.91 Å². The average Bonchev–Trinajstić information content (AvgIpc) is 3.27. The number of aromatic nitrogens is 5. The van der Waals surface area contributed by atoms with Gasteiger partial charge >= 0.3 is 0 Å². The van der Waals surface area contributed by atoms with E-state index >= 15 is 0 Å². The van der Waals surface area contributed by atoms with Crippen LogP contribution in [0.15, 0.2) is 36.5 Å². The van der Waals surface area contributed by atoms with Crippen molar-refractivity contribution in [1.29, 1.82) is 0 Å². The lowest BCUT2D eigenvalue weighted by atomic mass is 10.2. The molecule has 0 aliphatic heterocycles. The van der Waals surface area contributed by atoms with Crippen LogP contribution in [-0.2, 0) is 4.79 Å². The lowest BCUT2D eigenvalue weighted by Crippen LogP contribution is -2.17. The van der Waals surface area contributed by atoms with E-state index in [2.05, 4.69) is 36.2 Å². The van der Waals surface area contributed by atoms with Crippen LogP contribution >= 0.6 is 23.2 Å². The predicted molar refractivity (Wildman–Crippen MR) is 102 cm³/mol. The molecule has 1 aliphatic carbocycles. The first-order valence-corrected chi connectivity index (χ1v) is 9.04. The van der Waals surface area contributed by atoms with Crippen molar-refractivity contribution in [2.75, 3.05) is 10.6 Å². The topological polar surface area (TPSA) is 126 Å². The molecular weight excluding hydrogens is 405 g/mol. The Labute approximate surface area is 168 Å². The maximum atomic E-state index is 12.5. The molecule has 2 atom stereocenters. The van der Waals surface area contributed by atoms with Crippen LogP contribution in [0.25, 0.3) is 0 Å². The number of tetrazole rings is 1. The number of benzene rings is 1. The van der Waals surface area contributed by atoms with Crippen LogP contribution in [0.1, 0.15) is 28.5 Å². The Hall–Kier alpha value is -3.04. The molecule has 28 heavy (non-hydrogen) atoms. The number of anilines is 2. The summed E-state index contributed by atoms with van der Waals surface area (Å²) in [5.74, 6) is 0.00259. The second kappa shape index (κ2) is 7.53. The van der Waals surface area contributed by atoms with Crippen LogP contribution in [0.5, 0.6) is 0 Å². The van der Waals surface area contributed by atoms with E-state index in [1.807, 2.05) is 0 Å². The van der Waals surface area contributed by atoms with Crippen LogP contribution in [0.3, 0.4) is 0 Å². The van der Waals surface area contributed by atoms with E-state index < -0.39 is 5.91 Å². The summed E-state index contributed by atoms with van der Waals surface area (Å²) in [6.07, 6.45) is 2.13. The second-order valence-corrected chi connectivity index (χ2v) is 7.02. The van der Waals surface area contributed by atoms with Crippen molar-refractivity contribution in [3.63, 3.8) is 0 Å². The molecule has 2 heterocycles. The highest BCUT2D eigenvalue weighted by Gasteiger charge is 2.46. The maximum Gasteiger partial charge on any atom is 0.258 e. The van der Waals surface area contributed by atoms with Crippen molar-refractivity contribution in [1.82, 2.24) is 25.6 Å². The Kier molecular flexibility index (Phi) is 4.93. The molecule has 9 nitrogen and oxygen atoms in total. The molecule has 1 aromatic carbocycles. The minimum Gasteiger partial charge on any atom is -0.322 e. The summed E-state index contributed by atoms with van der Waals surface area (Å²) in [6, 6.07) is 7.96. The Bertz CT molecular complexity index is 1020. The molecule has 3 aromatic rings. The number of amides is 2. The van der Waals surface area contributed by atoms with Crippen molar-refractivity contribution in [3.05, 3.63) is 58.0 Å². The number of nitrogens with zero attached hydrogens (tertiary/aromatic N) is 4. The minimum atomic E-state index is -0.459. The first kappa shape index (κ1) is 18.3. The lowest BCUT2D eigenvalue weighted by molar-refractivity contribution is -0.117. The zero-order valence-corrected chi connectivity index (χ0v) is 15.7. The molecule has 0 saturated heterocycles. The van der Waals surface area contributed by atoms with Crippen molar-refractivity contribution in [2.45, 2.75) is 12.3 Å². The molecule has 11 heteroatoms. The highest BCUT2D eigenvalue weighted by atomic mass is 35.5. The van der Waals surface area contributed by atoms with Crippen LogP contribution in [0.4, 0.5) is 11.5 Å². The van der Waals surface area contributed by atoms with Crippen LogP contribution < -0.4 is 10.6 Å². The molecule has 0 radical (unpaired) electrons. The van der Waals surface area contributed by atoms with E-state index in [0.29, 0.717) is 23.8 Å². The van der Waals surface area contributed by atoms with E-state index in [1.54, 1.807) is 30.3 Å². The number of pyridine rings is 1. The third kappa shape index (κ3) is 3.80. The van der Waals surface area contributed by atoms with Crippen molar-refractivity contribution in [3.8, 4) is 0 Å². The molecule has 3 N–H and O–H groups in total. The summed E-state index contributed by atoms with van der Waals surface area (Å²) in [5, 5.41) is 19.4. The standard InChI is InChI=1S/C17H13Cl2N7O2/c18-11-2-1-3-12(19)14(11)17(28)21-8-4-5-20-13(6-8)22-16(27)10-7-9(10)15-23-25-26-24-15/h1-6,9-10H,7H2,(H,23,24,25,26)(H2,20,21,22,27,28). The fraction of sp³-hybridized carbons (Fsp3) is 0.176. The summed E-state index contributed by atoms with van der Waals surface area (Å²) in [4.78, 5) is 28.9. The number of nitrogens with one attached hydrogen (secondary N) is 3. The Morgan fingerprint density at radius 2 is 1.93 bits per heavy atom. The number of carbonyl (C=O) groups is 2. The summed E-state index contributed by atoms with van der Waals surface area (Å²) in [6.45, 7) is 0. The van der Waals surface area contributed by atoms with E-state index in [9.17, 15) is 9.59 Å². The van der Waals surface area contributed by atoms with Gasteiger partial charge in [-0.15, -0.1) is 5.10 Å². The van der Waals surface area contributed by atoms with Gasteiger partial charge < -0.3 is 10.6 Å². The summed E-state index contributed by atoms with van der Waals surface area (Å²) < 4.78 is 0. The van der Waals surface area contributed by atoms with Crippen molar-refractivity contribution < 1.29 is 9.59 Å². The SMILES string of the molecule is O=C(Nc1ccnc(NC(=O)C2CC2c2nnn[nH]2)c1)c1c(Cl)cccc1Cl. The lowest BCUT2D eigenvalue weighted by Gasteiger charge is -2.10. The zero-order valence-electron chi connectivity index (χ0n) is 14.2. The van der Waals surface area contributed by atoms with Gasteiger partial charge in [0.15, 0.2) is 5.82 Å². The molecule has 0 bridgehead atoms. The highest BCUT2D eigenvalue weighted by molar-refractivity contribution is 6.40. The maximum absolute atomic E-state index is 12.5. The number of halogens is 2. The molecule has 142 valence electrons. The quantitative estimate of drug-likeness (QED) is 0.585.